The molecule has 156 valence electrons. The first kappa shape index (κ1) is 23.2. The molecule has 0 aliphatic heterocycles. The SMILES string of the molecule is CC(C)NC(=O)[C@H](C)N(Cc1ccccc1F)C(=O)CSCc1cccc(Cl)c1. The Labute approximate surface area is 180 Å². The normalized spacial score (nSPS) is 11.9. The number of carbonyl (C=O) groups is 2. The highest BCUT2D eigenvalue weighted by Gasteiger charge is 2.27. The summed E-state index contributed by atoms with van der Waals surface area (Å²) in [6, 6.07) is 13.0. The lowest BCUT2D eigenvalue weighted by molar-refractivity contribution is -0.138. The molecule has 0 saturated carbocycles. The van der Waals surface area contributed by atoms with Gasteiger partial charge in [0.15, 0.2) is 0 Å². The molecule has 0 saturated heterocycles. The molecule has 0 spiro atoms. The summed E-state index contributed by atoms with van der Waals surface area (Å²) in [6.07, 6.45) is 0. The van der Waals surface area contributed by atoms with Gasteiger partial charge in [0.2, 0.25) is 11.8 Å². The zero-order chi connectivity index (χ0) is 21.4. The monoisotopic (exact) mass is 436 g/mol. The van der Waals surface area contributed by atoms with Crippen LogP contribution in [0.1, 0.15) is 31.9 Å². The second-order valence-electron chi connectivity index (χ2n) is 7.08. The van der Waals surface area contributed by atoms with E-state index in [2.05, 4.69) is 5.32 Å². The van der Waals surface area contributed by atoms with Crippen LogP contribution in [0, 0.1) is 5.82 Å². The van der Waals surface area contributed by atoms with Crippen LogP contribution in [0.2, 0.25) is 5.02 Å². The number of hydrogen-bond acceptors (Lipinski definition) is 3. The standard InChI is InChI=1S/C22H26ClFN2O2S/c1-15(2)25-22(28)16(3)26(12-18-8-4-5-10-20(18)24)21(27)14-29-13-17-7-6-9-19(23)11-17/h4-11,15-16H,12-14H2,1-3H3,(H,25,28)/t16-/m0/s1. The molecule has 2 aromatic rings. The number of amides is 2. The fourth-order valence-electron chi connectivity index (χ4n) is 2.76. The Morgan fingerprint density at radius 3 is 2.52 bits per heavy atom. The number of hydrogen-bond donors (Lipinski definition) is 1. The van der Waals surface area contributed by atoms with Crippen LogP contribution in [0.3, 0.4) is 0 Å². The average Bonchev–Trinajstić information content (AvgIpc) is 2.66. The molecule has 0 unspecified atom stereocenters. The zero-order valence-corrected chi connectivity index (χ0v) is 18.4. The van der Waals surface area contributed by atoms with Gasteiger partial charge in [0.25, 0.3) is 0 Å². The highest BCUT2D eigenvalue weighted by Crippen LogP contribution is 2.19. The molecule has 29 heavy (non-hydrogen) atoms. The van der Waals surface area contributed by atoms with E-state index in [1.807, 2.05) is 32.0 Å². The van der Waals surface area contributed by atoms with Crippen LogP contribution < -0.4 is 5.32 Å². The van der Waals surface area contributed by atoms with Gasteiger partial charge in [0, 0.05) is 28.9 Å². The molecule has 7 heteroatoms. The van der Waals surface area contributed by atoms with Crippen LogP contribution >= 0.6 is 23.4 Å². The number of thioether (sulfide) groups is 1. The van der Waals surface area contributed by atoms with E-state index in [0.717, 1.165) is 5.56 Å². The number of nitrogens with one attached hydrogen (secondary N) is 1. The van der Waals surface area contributed by atoms with Crippen molar-refractivity contribution in [2.24, 2.45) is 0 Å². The quantitative estimate of drug-likeness (QED) is 0.622. The van der Waals surface area contributed by atoms with Crippen molar-refractivity contribution in [1.82, 2.24) is 10.2 Å². The Morgan fingerprint density at radius 1 is 1.14 bits per heavy atom. The van der Waals surface area contributed by atoms with Gasteiger partial charge in [-0.1, -0.05) is 41.9 Å². The third kappa shape index (κ3) is 7.37. The third-order valence-electron chi connectivity index (χ3n) is 4.28. The van der Waals surface area contributed by atoms with Gasteiger partial charge in [-0.05, 0) is 44.5 Å². The smallest absolute Gasteiger partial charge is 0.242 e. The molecule has 0 aliphatic carbocycles. The Morgan fingerprint density at radius 2 is 1.86 bits per heavy atom. The van der Waals surface area contributed by atoms with Crippen LogP contribution in [0.25, 0.3) is 0 Å². The van der Waals surface area contributed by atoms with Crippen molar-refractivity contribution in [2.75, 3.05) is 5.75 Å². The van der Waals surface area contributed by atoms with Crippen LogP contribution in [0.15, 0.2) is 48.5 Å². The van der Waals surface area contributed by atoms with Crippen LogP contribution in [-0.2, 0) is 21.9 Å². The molecule has 1 atom stereocenters. The molecule has 0 aromatic heterocycles. The Balaban J connectivity index is 2.09. The van der Waals surface area contributed by atoms with Gasteiger partial charge in [-0.2, -0.15) is 0 Å². The van der Waals surface area contributed by atoms with Gasteiger partial charge in [-0.3, -0.25) is 9.59 Å². The summed E-state index contributed by atoms with van der Waals surface area (Å²) < 4.78 is 14.1. The molecular weight excluding hydrogens is 411 g/mol. The molecule has 2 amide bonds. The van der Waals surface area contributed by atoms with Gasteiger partial charge in [0.05, 0.1) is 5.75 Å². The topological polar surface area (TPSA) is 49.4 Å². The van der Waals surface area contributed by atoms with Gasteiger partial charge in [0.1, 0.15) is 11.9 Å². The zero-order valence-electron chi connectivity index (χ0n) is 16.8. The Kier molecular flexibility index (Phi) is 8.99. The van der Waals surface area contributed by atoms with Crippen LogP contribution in [0.5, 0.6) is 0 Å². The maximum atomic E-state index is 14.1. The second-order valence-corrected chi connectivity index (χ2v) is 8.50. The van der Waals surface area contributed by atoms with Crippen molar-refractivity contribution >= 4 is 35.2 Å². The van der Waals surface area contributed by atoms with Crippen molar-refractivity contribution in [3.8, 4) is 0 Å². The molecule has 2 rings (SSSR count). The maximum Gasteiger partial charge on any atom is 0.242 e. The molecule has 0 bridgehead atoms. The second kappa shape index (κ2) is 11.2. The average molecular weight is 437 g/mol. The van der Waals surface area contributed by atoms with Crippen LogP contribution in [-0.4, -0.2) is 34.6 Å². The largest absolute Gasteiger partial charge is 0.352 e. The summed E-state index contributed by atoms with van der Waals surface area (Å²) in [6.45, 7) is 5.41. The maximum absolute atomic E-state index is 14.1. The van der Waals surface area contributed by atoms with Gasteiger partial charge < -0.3 is 10.2 Å². The lowest BCUT2D eigenvalue weighted by Crippen LogP contribution is -2.49. The van der Waals surface area contributed by atoms with Crippen molar-refractivity contribution < 1.29 is 14.0 Å². The van der Waals surface area contributed by atoms with Gasteiger partial charge in [-0.25, -0.2) is 4.39 Å². The minimum atomic E-state index is -0.712. The van der Waals surface area contributed by atoms with Crippen LogP contribution in [0.4, 0.5) is 4.39 Å². The molecule has 1 N–H and O–H groups in total. The third-order valence-corrected chi connectivity index (χ3v) is 5.50. The molecule has 0 heterocycles. The lowest BCUT2D eigenvalue weighted by atomic mass is 10.1. The molecule has 2 aromatic carbocycles. The van der Waals surface area contributed by atoms with E-state index in [4.69, 9.17) is 11.6 Å². The molecule has 4 nitrogen and oxygen atoms in total. The van der Waals surface area contributed by atoms with Crippen molar-refractivity contribution in [1.29, 1.82) is 0 Å². The summed E-state index contributed by atoms with van der Waals surface area (Å²) in [5.74, 6) is -0.0725. The van der Waals surface area contributed by atoms with E-state index in [1.165, 1.54) is 22.7 Å². The van der Waals surface area contributed by atoms with Crippen molar-refractivity contribution in [2.45, 2.75) is 45.2 Å². The highest BCUT2D eigenvalue weighted by molar-refractivity contribution is 7.99. The Hall–Kier alpha value is -2.05. The Bertz CT molecular complexity index is 847. The summed E-state index contributed by atoms with van der Waals surface area (Å²) in [5.41, 5.74) is 1.39. The highest BCUT2D eigenvalue weighted by atomic mass is 35.5. The van der Waals surface area contributed by atoms with E-state index >= 15 is 0 Å². The summed E-state index contributed by atoms with van der Waals surface area (Å²) in [4.78, 5) is 26.8. The molecule has 0 aliphatic rings. The summed E-state index contributed by atoms with van der Waals surface area (Å²) >= 11 is 7.43. The number of nitrogens with zero attached hydrogens (tertiary/aromatic N) is 1. The number of carbonyl (C=O) groups excluding carboxylic acids is 2. The fraction of sp³-hybridized carbons (Fsp3) is 0.364. The van der Waals surface area contributed by atoms with E-state index in [9.17, 15) is 14.0 Å². The summed E-state index contributed by atoms with van der Waals surface area (Å²) in [5, 5.41) is 3.47. The van der Waals surface area contributed by atoms with Crippen molar-refractivity contribution in [3.05, 3.63) is 70.5 Å². The molecule has 0 fully saturated rings. The van der Waals surface area contributed by atoms with E-state index in [1.54, 1.807) is 31.2 Å². The van der Waals surface area contributed by atoms with E-state index < -0.39 is 11.9 Å². The van der Waals surface area contributed by atoms with Crippen molar-refractivity contribution in [3.63, 3.8) is 0 Å². The predicted octanol–water partition coefficient (Wildman–Crippen LogP) is 4.65. The van der Waals surface area contributed by atoms with Gasteiger partial charge >= 0.3 is 0 Å². The minimum Gasteiger partial charge on any atom is -0.352 e. The van der Waals surface area contributed by atoms with Gasteiger partial charge in [-0.15, -0.1) is 11.8 Å². The van der Waals surface area contributed by atoms with E-state index in [-0.39, 0.29) is 30.2 Å². The fourth-order valence-corrected chi connectivity index (χ4v) is 3.83. The number of rotatable bonds is 9. The number of benzene rings is 2. The molecular formula is C22H26ClFN2O2S. The minimum absolute atomic E-state index is 0.0376. The molecule has 0 radical (unpaired) electrons. The van der Waals surface area contributed by atoms with E-state index in [0.29, 0.717) is 16.3 Å². The first-order valence-corrected chi connectivity index (χ1v) is 11.0. The summed E-state index contributed by atoms with van der Waals surface area (Å²) in [7, 11) is 0. The lowest BCUT2D eigenvalue weighted by Gasteiger charge is -2.29. The number of halogens is 2. The first-order valence-electron chi connectivity index (χ1n) is 9.43. The first-order chi connectivity index (χ1) is 13.8. The predicted molar refractivity (Wildman–Crippen MR) is 117 cm³/mol.